The molecule has 0 aliphatic heterocycles. The molecule has 0 saturated heterocycles. The minimum Gasteiger partial charge on any atom is -0.326 e. The van der Waals surface area contributed by atoms with Crippen LogP contribution in [0.5, 0.6) is 0 Å². The van der Waals surface area contributed by atoms with E-state index in [0.29, 0.717) is 0 Å². The fourth-order valence-corrected chi connectivity index (χ4v) is 1.58. The van der Waals surface area contributed by atoms with Crippen LogP contribution in [0, 0.1) is 5.92 Å². The van der Waals surface area contributed by atoms with Gasteiger partial charge in [-0.25, -0.2) is 0 Å². The third-order valence-corrected chi connectivity index (χ3v) is 2.85. The van der Waals surface area contributed by atoms with Gasteiger partial charge in [0.2, 0.25) is 0 Å². The molecule has 4 heteroatoms. The van der Waals surface area contributed by atoms with Gasteiger partial charge in [-0.2, -0.15) is 0 Å². The van der Waals surface area contributed by atoms with Crippen molar-refractivity contribution in [2.75, 3.05) is 0 Å². The molecule has 8 N–H and O–H groups in total. The lowest BCUT2D eigenvalue weighted by Gasteiger charge is -2.40. The van der Waals surface area contributed by atoms with E-state index in [0.717, 1.165) is 0 Å². The SMILES string of the molecule is CC(C(N)C(C)(C)N)C(N)C(C)(C)N. The molecule has 0 aliphatic rings. The van der Waals surface area contributed by atoms with Crippen LogP contribution >= 0.6 is 0 Å². The van der Waals surface area contributed by atoms with E-state index in [1.807, 2.05) is 34.6 Å². The van der Waals surface area contributed by atoms with Crippen molar-refractivity contribution >= 4 is 0 Å². The van der Waals surface area contributed by atoms with Gasteiger partial charge in [-0.1, -0.05) is 6.92 Å². The van der Waals surface area contributed by atoms with Gasteiger partial charge in [0.1, 0.15) is 0 Å². The fraction of sp³-hybridized carbons (Fsp3) is 1.00. The van der Waals surface area contributed by atoms with Gasteiger partial charge >= 0.3 is 0 Å². The lowest BCUT2D eigenvalue weighted by molar-refractivity contribution is 0.228. The predicted octanol–water partition coefficient (Wildman–Crippen LogP) is -0.248. The summed E-state index contributed by atoms with van der Waals surface area (Å²) in [6.45, 7) is 9.63. The Morgan fingerprint density at radius 1 is 0.786 bits per heavy atom. The van der Waals surface area contributed by atoms with Gasteiger partial charge in [0.05, 0.1) is 0 Å². The third kappa shape index (κ3) is 3.53. The third-order valence-electron chi connectivity index (χ3n) is 2.85. The van der Waals surface area contributed by atoms with Gasteiger partial charge in [-0.3, -0.25) is 0 Å². The zero-order valence-corrected chi connectivity index (χ0v) is 10.0. The highest BCUT2D eigenvalue weighted by molar-refractivity contribution is 4.98. The van der Waals surface area contributed by atoms with Crippen LogP contribution in [0.3, 0.4) is 0 Å². The lowest BCUT2D eigenvalue weighted by Crippen LogP contribution is -2.63. The smallest absolute Gasteiger partial charge is 0.0257 e. The van der Waals surface area contributed by atoms with E-state index in [1.165, 1.54) is 0 Å². The van der Waals surface area contributed by atoms with E-state index < -0.39 is 11.1 Å². The topological polar surface area (TPSA) is 104 Å². The molecule has 2 unspecified atom stereocenters. The van der Waals surface area contributed by atoms with Crippen LogP contribution in [0.1, 0.15) is 34.6 Å². The van der Waals surface area contributed by atoms with E-state index in [4.69, 9.17) is 22.9 Å². The van der Waals surface area contributed by atoms with Crippen molar-refractivity contribution in [3.8, 4) is 0 Å². The molecule has 14 heavy (non-hydrogen) atoms. The molecule has 0 amide bonds. The Hall–Kier alpha value is -0.160. The molecule has 0 aromatic rings. The minimum absolute atomic E-state index is 0.0926. The molecular weight excluding hydrogens is 176 g/mol. The summed E-state index contributed by atoms with van der Waals surface area (Å²) < 4.78 is 0. The summed E-state index contributed by atoms with van der Waals surface area (Å²) in [7, 11) is 0. The Balaban J connectivity index is 4.56. The summed E-state index contributed by atoms with van der Waals surface area (Å²) >= 11 is 0. The first-order chi connectivity index (χ1) is 5.98. The molecule has 0 saturated carbocycles. The highest BCUT2D eigenvalue weighted by Crippen LogP contribution is 2.20. The van der Waals surface area contributed by atoms with Crippen molar-refractivity contribution in [2.45, 2.75) is 57.8 Å². The summed E-state index contributed by atoms with van der Waals surface area (Å²) in [6, 6.07) is -0.305. The summed E-state index contributed by atoms with van der Waals surface area (Å²) in [6.07, 6.45) is 0. The fourth-order valence-electron chi connectivity index (χ4n) is 1.58. The van der Waals surface area contributed by atoms with E-state index in [2.05, 4.69) is 0 Å². The van der Waals surface area contributed by atoms with Crippen molar-refractivity contribution < 1.29 is 0 Å². The molecule has 4 nitrogen and oxygen atoms in total. The highest BCUT2D eigenvalue weighted by atomic mass is 14.9. The summed E-state index contributed by atoms with van der Waals surface area (Å²) in [5, 5.41) is 0. The maximum Gasteiger partial charge on any atom is 0.0257 e. The van der Waals surface area contributed by atoms with Crippen LogP contribution in [0.4, 0.5) is 0 Å². The van der Waals surface area contributed by atoms with E-state index in [9.17, 15) is 0 Å². The quantitative estimate of drug-likeness (QED) is 0.504. The summed E-state index contributed by atoms with van der Waals surface area (Å²) in [5.74, 6) is 0.0926. The lowest BCUT2D eigenvalue weighted by atomic mass is 9.77. The normalized spacial score (nSPS) is 20.4. The largest absolute Gasteiger partial charge is 0.326 e. The average Bonchev–Trinajstić information content (AvgIpc) is 1.97. The first-order valence-corrected chi connectivity index (χ1v) is 5.07. The number of hydrogen-bond donors (Lipinski definition) is 4. The Morgan fingerprint density at radius 3 is 1.14 bits per heavy atom. The van der Waals surface area contributed by atoms with Crippen molar-refractivity contribution in [1.82, 2.24) is 0 Å². The highest BCUT2D eigenvalue weighted by Gasteiger charge is 2.35. The molecule has 0 aromatic carbocycles. The molecular formula is C10H26N4. The second-order valence-electron chi connectivity index (χ2n) is 5.55. The second-order valence-corrected chi connectivity index (χ2v) is 5.55. The number of rotatable bonds is 4. The standard InChI is InChI=1S/C10H26N4/c1-6(7(11)9(2,3)13)8(12)10(4,5)14/h6-8H,11-14H2,1-5H3. The second kappa shape index (κ2) is 4.14. The molecule has 86 valence electrons. The Kier molecular flexibility index (Phi) is 4.10. The van der Waals surface area contributed by atoms with Gasteiger partial charge < -0.3 is 22.9 Å². The van der Waals surface area contributed by atoms with Gasteiger partial charge in [-0.05, 0) is 33.6 Å². The number of nitrogens with two attached hydrogens (primary N) is 4. The molecule has 0 heterocycles. The van der Waals surface area contributed by atoms with Gasteiger partial charge in [0.15, 0.2) is 0 Å². The zero-order chi connectivity index (χ0) is 11.7. The zero-order valence-electron chi connectivity index (χ0n) is 10.0. The number of hydrogen-bond acceptors (Lipinski definition) is 4. The van der Waals surface area contributed by atoms with Crippen molar-refractivity contribution in [3.05, 3.63) is 0 Å². The van der Waals surface area contributed by atoms with Gasteiger partial charge in [-0.15, -0.1) is 0 Å². The van der Waals surface area contributed by atoms with Crippen LogP contribution in [-0.4, -0.2) is 23.2 Å². The van der Waals surface area contributed by atoms with Crippen molar-refractivity contribution in [1.29, 1.82) is 0 Å². The van der Waals surface area contributed by atoms with Crippen LogP contribution in [0.25, 0.3) is 0 Å². The first-order valence-electron chi connectivity index (χ1n) is 5.07. The Morgan fingerprint density at radius 2 is 1.00 bits per heavy atom. The molecule has 0 radical (unpaired) electrons. The van der Waals surface area contributed by atoms with Crippen LogP contribution in [-0.2, 0) is 0 Å². The van der Waals surface area contributed by atoms with Gasteiger partial charge in [0.25, 0.3) is 0 Å². The summed E-state index contributed by atoms with van der Waals surface area (Å²) in [4.78, 5) is 0. The van der Waals surface area contributed by atoms with Crippen LogP contribution in [0.2, 0.25) is 0 Å². The molecule has 0 fully saturated rings. The molecule has 0 aliphatic carbocycles. The molecule has 0 bridgehead atoms. The maximum atomic E-state index is 6.03. The Labute approximate surface area is 87.4 Å². The molecule has 0 spiro atoms. The monoisotopic (exact) mass is 202 g/mol. The van der Waals surface area contributed by atoms with E-state index in [-0.39, 0.29) is 18.0 Å². The van der Waals surface area contributed by atoms with E-state index in [1.54, 1.807) is 0 Å². The minimum atomic E-state index is -0.428. The maximum absolute atomic E-state index is 6.03. The van der Waals surface area contributed by atoms with Gasteiger partial charge in [0, 0.05) is 23.2 Å². The van der Waals surface area contributed by atoms with Crippen LogP contribution < -0.4 is 22.9 Å². The molecule has 0 rings (SSSR count). The first kappa shape index (κ1) is 13.8. The van der Waals surface area contributed by atoms with Crippen LogP contribution in [0.15, 0.2) is 0 Å². The predicted molar refractivity (Wildman–Crippen MR) is 61.6 cm³/mol. The molecule has 2 atom stereocenters. The average molecular weight is 202 g/mol. The van der Waals surface area contributed by atoms with E-state index >= 15 is 0 Å². The molecule has 0 aromatic heterocycles. The van der Waals surface area contributed by atoms with Crippen molar-refractivity contribution in [2.24, 2.45) is 28.9 Å². The summed E-state index contributed by atoms with van der Waals surface area (Å²) in [5.41, 5.74) is 23.1. The Bertz CT molecular complexity index is 158. The van der Waals surface area contributed by atoms with Crippen molar-refractivity contribution in [3.63, 3.8) is 0 Å².